The second-order valence-corrected chi connectivity index (χ2v) is 10.6. The molecule has 0 spiro atoms. The molecule has 3 rings (SSSR count). The highest BCUT2D eigenvalue weighted by Gasteiger charge is 2.22. The Morgan fingerprint density at radius 2 is 1.48 bits per heavy atom. The van der Waals surface area contributed by atoms with Crippen LogP contribution >= 0.6 is 0 Å². The van der Waals surface area contributed by atoms with Crippen LogP contribution in [0.15, 0.2) is 40.8 Å². The van der Waals surface area contributed by atoms with Gasteiger partial charge >= 0.3 is 0 Å². The highest BCUT2D eigenvalue weighted by atomic mass is 16.3. The van der Waals surface area contributed by atoms with Crippen molar-refractivity contribution >= 4 is 11.1 Å². The lowest BCUT2D eigenvalue weighted by Gasteiger charge is -2.24. The van der Waals surface area contributed by atoms with E-state index in [1.807, 2.05) is 24.3 Å². The quantitative estimate of drug-likeness (QED) is 0.244. The zero-order chi connectivity index (χ0) is 23.8. The van der Waals surface area contributed by atoms with Gasteiger partial charge in [0.1, 0.15) is 5.52 Å². The number of benzene rings is 2. The topological polar surface area (TPSA) is 26.0 Å². The lowest BCUT2D eigenvalue weighted by molar-refractivity contribution is 0.536. The van der Waals surface area contributed by atoms with Gasteiger partial charge in [-0.15, -0.1) is 0 Å². The lowest BCUT2D eigenvalue weighted by Crippen LogP contribution is -2.10. The average Bonchev–Trinajstić information content (AvgIpc) is 3.23. The summed E-state index contributed by atoms with van der Waals surface area (Å²) in [5.74, 6) is 2.80. The molecule has 1 heterocycles. The molecule has 2 heteroatoms. The van der Waals surface area contributed by atoms with Crippen molar-refractivity contribution in [1.82, 2.24) is 4.98 Å². The summed E-state index contributed by atoms with van der Waals surface area (Å²) in [7, 11) is 0. The number of unbranched alkanes of at least 4 members (excludes halogenated alkanes) is 2. The highest BCUT2D eigenvalue weighted by molar-refractivity contribution is 5.77. The van der Waals surface area contributed by atoms with Gasteiger partial charge in [-0.3, -0.25) is 0 Å². The van der Waals surface area contributed by atoms with Crippen molar-refractivity contribution in [3.8, 4) is 11.5 Å². The van der Waals surface area contributed by atoms with Crippen molar-refractivity contribution in [3.63, 3.8) is 0 Å². The van der Waals surface area contributed by atoms with E-state index in [9.17, 15) is 0 Å². The average molecular weight is 448 g/mol. The number of nitrogens with zero attached hydrogens (tertiary/aromatic N) is 1. The van der Waals surface area contributed by atoms with E-state index >= 15 is 0 Å². The maximum Gasteiger partial charge on any atom is 0.227 e. The van der Waals surface area contributed by atoms with Gasteiger partial charge in [-0.2, -0.15) is 0 Å². The first-order valence-corrected chi connectivity index (χ1v) is 13.4. The fraction of sp³-hybridized carbons (Fsp3) is 0.581. The van der Waals surface area contributed by atoms with Crippen molar-refractivity contribution in [2.75, 3.05) is 0 Å². The normalized spacial score (nSPS) is 12.8. The van der Waals surface area contributed by atoms with Gasteiger partial charge in [0.2, 0.25) is 5.89 Å². The largest absolute Gasteiger partial charge is 0.436 e. The molecule has 1 aromatic heterocycles. The molecule has 0 radical (unpaired) electrons. The van der Waals surface area contributed by atoms with Gasteiger partial charge in [-0.25, -0.2) is 4.98 Å². The van der Waals surface area contributed by atoms with E-state index in [4.69, 9.17) is 9.40 Å². The van der Waals surface area contributed by atoms with Crippen molar-refractivity contribution in [1.29, 1.82) is 0 Å². The van der Waals surface area contributed by atoms with E-state index in [2.05, 4.69) is 53.7 Å². The molecule has 0 saturated heterocycles. The molecule has 0 saturated carbocycles. The van der Waals surface area contributed by atoms with Crippen LogP contribution in [-0.4, -0.2) is 4.98 Å². The van der Waals surface area contributed by atoms with Gasteiger partial charge < -0.3 is 4.42 Å². The first-order chi connectivity index (χ1) is 15.9. The third-order valence-electron chi connectivity index (χ3n) is 7.02. The minimum atomic E-state index is 0.647. The number of rotatable bonds is 13. The van der Waals surface area contributed by atoms with E-state index in [1.54, 1.807) is 11.1 Å². The lowest BCUT2D eigenvalue weighted by atomic mass is 9.80. The van der Waals surface area contributed by atoms with Crippen LogP contribution in [0.3, 0.4) is 0 Å². The molecule has 1 atom stereocenters. The summed E-state index contributed by atoms with van der Waals surface area (Å²) in [4.78, 5) is 4.90. The van der Waals surface area contributed by atoms with Crippen LogP contribution in [0.5, 0.6) is 0 Å². The molecule has 3 aromatic rings. The fourth-order valence-electron chi connectivity index (χ4n) is 4.95. The monoisotopic (exact) mass is 447 g/mol. The zero-order valence-electron chi connectivity index (χ0n) is 21.9. The van der Waals surface area contributed by atoms with Crippen molar-refractivity contribution in [2.24, 2.45) is 11.8 Å². The minimum Gasteiger partial charge on any atom is -0.436 e. The van der Waals surface area contributed by atoms with E-state index in [1.165, 1.54) is 56.1 Å². The Balaban J connectivity index is 2.12. The first-order valence-electron chi connectivity index (χ1n) is 13.4. The summed E-state index contributed by atoms with van der Waals surface area (Å²) in [6.07, 6.45) is 11.1. The maximum atomic E-state index is 6.28. The standard InChI is InChI=1S/C31H45NO/c1-7-9-10-13-24(8-2)25-20-21-28(31-32-29-14-11-12-15-30(29)33-31)27(19-17-23(5)6)26(25)18-16-22(3)4/h11-12,14-15,20-24H,7-10,13,16-19H2,1-6H3. The molecular formula is C31H45NO. The zero-order valence-corrected chi connectivity index (χ0v) is 21.9. The molecule has 1 unspecified atom stereocenters. The first kappa shape index (κ1) is 25.5. The summed E-state index contributed by atoms with van der Waals surface area (Å²) in [6.45, 7) is 14.0. The molecule has 0 aliphatic carbocycles. The molecule has 2 nitrogen and oxygen atoms in total. The van der Waals surface area contributed by atoms with E-state index in [-0.39, 0.29) is 0 Å². The third-order valence-corrected chi connectivity index (χ3v) is 7.02. The minimum absolute atomic E-state index is 0.647. The molecule has 0 aliphatic heterocycles. The molecule has 180 valence electrons. The highest BCUT2D eigenvalue weighted by Crippen LogP contribution is 2.38. The Kier molecular flexibility index (Phi) is 9.59. The molecule has 0 bridgehead atoms. The van der Waals surface area contributed by atoms with Gasteiger partial charge in [-0.05, 0) is 91.2 Å². The predicted octanol–water partition coefficient (Wildman–Crippen LogP) is 9.75. The SMILES string of the molecule is CCCCCC(CC)c1ccc(-c2nc3ccccc3o2)c(CCC(C)C)c1CCC(C)C. The van der Waals surface area contributed by atoms with Crippen LogP contribution in [0.25, 0.3) is 22.6 Å². The Labute approximate surface area is 202 Å². The molecular weight excluding hydrogens is 402 g/mol. The Bertz CT molecular complexity index is 964. The molecule has 33 heavy (non-hydrogen) atoms. The number of oxazole rings is 1. The van der Waals surface area contributed by atoms with Crippen LogP contribution in [0, 0.1) is 11.8 Å². The third kappa shape index (κ3) is 6.71. The van der Waals surface area contributed by atoms with Gasteiger partial charge in [0, 0.05) is 5.56 Å². The summed E-state index contributed by atoms with van der Waals surface area (Å²) in [6, 6.07) is 12.9. The molecule has 0 fully saturated rings. The Morgan fingerprint density at radius 3 is 2.12 bits per heavy atom. The van der Waals surface area contributed by atoms with Crippen LogP contribution in [0.1, 0.15) is 109 Å². The number of aromatic nitrogens is 1. The van der Waals surface area contributed by atoms with Crippen molar-refractivity contribution in [2.45, 2.75) is 105 Å². The Hall–Kier alpha value is -2.09. The molecule has 0 N–H and O–H groups in total. The number of hydrogen-bond donors (Lipinski definition) is 0. The Morgan fingerprint density at radius 1 is 0.788 bits per heavy atom. The predicted molar refractivity (Wildman–Crippen MR) is 143 cm³/mol. The van der Waals surface area contributed by atoms with Crippen LogP contribution in [-0.2, 0) is 12.8 Å². The van der Waals surface area contributed by atoms with Crippen LogP contribution < -0.4 is 0 Å². The summed E-state index contributed by atoms with van der Waals surface area (Å²) in [5, 5.41) is 0. The number of hydrogen-bond acceptors (Lipinski definition) is 2. The van der Waals surface area contributed by atoms with Gasteiger partial charge in [0.05, 0.1) is 0 Å². The summed E-state index contributed by atoms with van der Waals surface area (Å²) in [5.41, 5.74) is 7.70. The van der Waals surface area contributed by atoms with Crippen molar-refractivity contribution < 1.29 is 4.42 Å². The summed E-state index contributed by atoms with van der Waals surface area (Å²) < 4.78 is 6.28. The smallest absolute Gasteiger partial charge is 0.227 e. The maximum absolute atomic E-state index is 6.28. The second-order valence-electron chi connectivity index (χ2n) is 10.6. The molecule has 2 aromatic carbocycles. The van der Waals surface area contributed by atoms with E-state index < -0.39 is 0 Å². The molecule has 0 amide bonds. The number of fused-ring (bicyclic) bond motifs is 1. The molecule has 0 aliphatic rings. The van der Waals surface area contributed by atoms with Gasteiger partial charge in [-0.1, -0.05) is 79.0 Å². The van der Waals surface area contributed by atoms with E-state index in [0.29, 0.717) is 17.8 Å². The summed E-state index contributed by atoms with van der Waals surface area (Å²) >= 11 is 0. The second kappa shape index (κ2) is 12.4. The van der Waals surface area contributed by atoms with E-state index in [0.717, 1.165) is 29.8 Å². The van der Waals surface area contributed by atoms with Crippen LogP contribution in [0.2, 0.25) is 0 Å². The van der Waals surface area contributed by atoms with Crippen molar-refractivity contribution in [3.05, 3.63) is 53.1 Å². The van der Waals surface area contributed by atoms with Gasteiger partial charge in [0.15, 0.2) is 5.58 Å². The van der Waals surface area contributed by atoms with Gasteiger partial charge in [0.25, 0.3) is 0 Å². The van der Waals surface area contributed by atoms with Crippen LogP contribution in [0.4, 0.5) is 0 Å². The fourth-order valence-corrected chi connectivity index (χ4v) is 4.95. The number of para-hydroxylation sites is 2.